The molecule has 3 aromatic rings. The third-order valence-corrected chi connectivity index (χ3v) is 4.18. The van der Waals surface area contributed by atoms with Crippen LogP contribution >= 0.6 is 0 Å². The lowest BCUT2D eigenvalue weighted by molar-refractivity contribution is 0.171. The summed E-state index contributed by atoms with van der Waals surface area (Å²) in [5, 5.41) is 4.81. The van der Waals surface area contributed by atoms with Gasteiger partial charge in [0.2, 0.25) is 0 Å². The fourth-order valence-corrected chi connectivity index (χ4v) is 2.99. The van der Waals surface area contributed by atoms with Crippen LogP contribution in [0.25, 0.3) is 10.9 Å². The topological polar surface area (TPSA) is 46.3 Å². The Morgan fingerprint density at radius 2 is 1.87 bits per heavy atom. The number of aromatic amines is 1. The molecule has 0 aliphatic carbocycles. The van der Waals surface area contributed by atoms with Crippen LogP contribution in [-0.4, -0.2) is 24.7 Å². The van der Waals surface area contributed by atoms with E-state index in [4.69, 9.17) is 9.47 Å². The van der Waals surface area contributed by atoms with Gasteiger partial charge in [0.25, 0.3) is 0 Å². The monoisotopic (exact) mass is 308 g/mol. The molecule has 2 N–H and O–H groups in total. The molecule has 4 nitrogen and oxygen atoms in total. The molecule has 1 aliphatic heterocycles. The first-order chi connectivity index (χ1) is 11.4. The van der Waals surface area contributed by atoms with Crippen molar-refractivity contribution in [2.45, 2.75) is 13.0 Å². The van der Waals surface area contributed by atoms with Gasteiger partial charge in [-0.3, -0.25) is 0 Å². The summed E-state index contributed by atoms with van der Waals surface area (Å²) >= 11 is 0. The first-order valence-electron chi connectivity index (χ1n) is 8.04. The Balaban J connectivity index is 1.33. The molecule has 2 aromatic carbocycles. The van der Waals surface area contributed by atoms with Crippen molar-refractivity contribution in [1.82, 2.24) is 10.3 Å². The van der Waals surface area contributed by atoms with E-state index < -0.39 is 0 Å². The van der Waals surface area contributed by atoms with E-state index in [0.717, 1.165) is 31.0 Å². The second-order valence-corrected chi connectivity index (χ2v) is 5.76. The van der Waals surface area contributed by atoms with E-state index >= 15 is 0 Å². The van der Waals surface area contributed by atoms with Crippen LogP contribution < -0.4 is 14.8 Å². The number of H-pyrrole nitrogens is 1. The van der Waals surface area contributed by atoms with Crippen LogP contribution in [-0.2, 0) is 13.0 Å². The van der Waals surface area contributed by atoms with Gasteiger partial charge in [-0.2, -0.15) is 0 Å². The van der Waals surface area contributed by atoms with E-state index in [1.807, 2.05) is 6.07 Å². The van der Waals surface area contributed by atoms with Crippen LogP contribution in [0.1, 0.15) is 11.1 Å². The van der Waals surface area contributed by atoms with Gasteiger partial charge in [0, 0.05) is 23.6 Å². The predicted octanol–water partition coefficient (Wildman–Crippen LogP) is 3.27. The summed E-state index contributed by atoms with van der Waals surface area (Å²) in [6, 6.07) is 14.6. The molecule has 0 atom stereocenters. The van der Waals surface area contributed by atoms with Gasteiger partial charge in [0.15, 0.2) is 11.5 Å². The molecule has 0 saturated carbocycles. The molecule has 2 heterocycles. The lowest BCUT2D eigenvalue weighted by Crippen LogP contribution is -2.18. The van der Waals surface area contributed by atoms with E-state index in [2.05, 4.69) is 52.9 Å². The minimum atomic E-state index is 0.629. The maximum atomic E-state index is 5.62. The number of nitrogens with one attached hydrogen (secondary N) is 2. The Kier molecular flexibility index (Phi) is 3.90. The SMILES string of the molecule is c1ccc2c(CCNCc3ccc4c(c3)OCCO4)c[nH]c2c1. The molecule has 0 radical (unpaired) electrons. The average molecular weight is 308 g/mol. The average Bonchev–Trinajstić information content (AvgIpc) is 3.02. The summed E-state index contributed by atoms with van der Waals surface area (Å²) in [7, 11) is 0. The molecule has 4 rings (SSSR count). The van der Waals surface area contributed by atoms with Gasteiger partial charge in [-0.15, -0.1) is 0 Å². The molecule has 118 valence electrons. The minimum absolute atomic E-state index is 0.629. The quantitative estimate of drug-likeness (QED) is 0.711. The van der Waals surface area contributed by atoms with Crippen molar-refractivity contribution in [3.8, 4) is 11.5 Å². The van der Waals surface area contributed by atoms with Crippen LogP contribution in [0, 0.1) is 0 Å². The van der Waals surface area contributed by atoms with Gasteiger partial charge in [-0.05, 0) is 42.3 Å². The standard InChI is InChI=1S/C19H20N2O2/c1-2-4-17-16(3-1)15(13-21-17)7-8-20-12-14-5-6-18-19(11-14)23-10-9-22-18/h1-6,11,13,20-21H,7-10,12H2. The number of rotatable bonds is 5. The highest BCUT2D eigenvalue weighted by atomic mass is 16.6. The van der Waals surface area contributed by atoms with E-state index in [-0.39, 0.29) is 0 Å². The number of hydrogen-bond donors (Lipinski definition) is 2. The Morgan fingerprint density at radius 1 is 1.00 bits per heavy atom. The first kappa shape index (κ1) is 14.2. The van der Waals surface area contributed by atoms with E-state index in [0.29, 0.717) is 13.2 Å². The minimum Gasteiger partial charge on any atom is -0.486 e. The molecule has 0 fully saturated rings. The smallest absolute Gasteiger partial charge is 0.161 e. The van der Waals surface area contributed by atoms with Crippen molar-refractivity contribution in [2.75, 3.05) is 19.8 Å². The second kappa shape index (κ2) is 6.34. The molecule has 1 aliphatic rings. The Morgan fingerprint density at radius 3 is 2.83 bits per heavy atom. The summed E-state index contributed by atoms with van der Waals surface area (Å²) in [5.41, 5.74) is 3.78. The Labute approximate surface area is 135 Å². The molecule has 0 amide bonds. The lowest BCUT2D eigenvalue weighted by Gasteiger charge is -2.19. The van der Waals surface area contributed by atoms with E-state index in [9.17, 15) is 0 Å². The fourth-order valence-electron chi connectivity index (χ4n) is 2.99. The number of ether oxygens (including phenoxy) is 2. The Hall–Kier alpha value is -2.46. The summed E-state index contributed by atoms with van der Waals surface area (Å²) in [5.74, 6) is 1.70. The van der Waals surface area contributed by atoms with Crippen molar-refractivity contribution in [3.05, 3.63) is 59.8 Å². The van der Waals surface area contributed by atoms with E-state index in [1.165, 1.54) is 22.0 Å². The van der Waals surface area contributed by atoms with Crippen molar-refractivity contribution < 1.29 is 9.47 Å². The highest BCUT2D eigenvalue weighted by molar-refractivity contribution is 5.83. The summed E-state index contributed by atoms with van der Waals surface area (Å²) < 4.78 is 11.2. The molecular weight excluding hydrogens is 288 g/mol. The molecule has 0 unspecified atom stereocenters. The first-order valence-corrected chi connectivity index (χ1v) is 8.04. The van der Waals surface area contributed by atoms with Crippen molar-refractivity contribution in [2.24, 2.45) is 0 Å². The zero-order valence-corrected chi connectivity index (χ0v) is 13.0. The third-order valence-electron chi connectivity index (χ3n) is 4.18. The normalized spacial score (nSPS) is 13.4. The molecule has 1 aromatic heterocycles. The van der Waals surface area contributed by atoms with Crippen LogP contribution in [0.15, 0.2) is 48.7 Å². The summed E-state index contributed by atoms with van der Waals surface area (Å²) in [6.45, 7) is 3.04. The lowest BCUT2D eigenvalue weighted by atomic mass is 10.1. The molecule has 23 heavy (non-hydrogen) atoms. The fraction of sp³-hybridized carbons (Fsp3) is 0.263. The second-order valence-electron chi connectivity index (χ2n) is 5.76. The summed E-state index contributed by atoms with van der Waals surface area (Å²) in [6.07, 6.45) is 3.12. The van der Waals surface area contributed by atoms with Gasteiger partial charge < -0.3 is 19.8 Å². The maximum absolute atomic E-state index is 5.62. The third kappa shape index (κ3) is 3.03. The van der Waals surface area contributed by atoms with Crippen molar-refractivity contribution in [1.29, 1.82) is 0 Å². The number of para-hydroxylation sites is 1. The van der Waals surface area contributed by atoms with Crippen molar-refractivity contribution >= 4 is 10.9 Å². The van der Waals surface area contributed by atoms with Gasteiger partial charge in [0.05, 0.1) is 0 Å². The summed E-state index contributed by atoms with van der Waals surface area (Å²) in [4.78, 5) is 3.32. The van der Waals surface area contributed by atoms with Gasteiger partial charge in [-0.1, -0.05) is 24.3 Å². The van der Waals surface area contributed by atoms with Gasteiger partial charge >= 0.3 is 0 Å². The highest BCUT2D eigenvalue weighted by Crippen LogP contribution is 2.30. The molecular formula is C19H20N2O2. The molecule has 0 bridgehead atoms. The van der Waals surface area contributed by atoms with Crippen LogP contribution in [0.3, 0.4) is 0 Å². The van der Waals surface area contributed by atoms with Gasteiger partial charge in [0.1, 0.15) is 13.2 Å². The zero-order chi connectivity index (χ0) is 15.5. The maximum Gasteiger partial charge on any atom is 0.161 e. The molecule has 4 heteroatoms. The van der Waals surface area contributed by atoms with Crippen molar-refractivity contribution in [3.63, 3.8) is 0 Å². The highest BCUT2D eigenvalue weighted by Gasteiger charge is 2.11. The number of fused-ring (bicyclic) bond motifs is 2. The number of benzene rings is 2. The molecule has 0 spiro atoms. The van der Waals surface area contributed by atoms with Crippen LogP contribution in [0.4, 0.5) is 0 Å². The number of hydrogen-bond acceptors (Lipinski definition) is 3. The number of aromatic nitrogens is 1. The van der Waals surface area contributed by atoms with Gasteiger partial charge in [-0.25, -0.2) is 0 Å². The largest absolute Gasteiger partial charge is 0.486 e. The van der Waals surface area contributed by atoms with Crippen LogP contribution in [0.2, 0.25) is 0 Å². The Bertz CT molecular complexity index is 810. The molecule has 0 saturated heterocycles. The van der Waals surface area contributed by atoms with Crippen LogP contribution in [0.5, 0.6) is 11.5 Å². The van der Waals surface area contributed by atoms with E-state index in [1.54, 1.807) is 0 Å². The predicted molar refractivity (Wildman–Crippen MR) is 91.1 cm³/mol. The zero-order valence-electron chi connectivity index (χ0n) is 13.0.